The number of ether oxygens (including phenoxy) is 2. The number of fused-ring (bicyclic) bond motifs is 3. The maximum Gasteiger partial charge on any atom is 0.313 e. The predicted octanol–water partition coefficient (Wildman–Crippen LogP) is 1.51. The summed E-state index contributed by atoms with van der Waals surface area (Å²) in [5, 5.41) is 3.16. The molecule has 0 aliphatic heterocycles. The van der Waals surface area contributed by atoms with Crippen molar-refractivity contribution < 1.29 is 19.1 Å². The number of thiophene rings is 1. The number of methoxy groups -OCH3 is 1. The van der Waals surface area contributed by atoms with Gasteiger partial charge in [-0.1, -0.05) is 0 Å². The smallest absolute Gasteiger partial charge is 0.313 e. The summed E-state index contributed by atoms with van der Waals surface area (Å²) in [4.78, 5) is 44.1. The van der Waals surface area contributed by atoms with Gasteiger partial charge in [0.05, 0.1) is 24.5 Å². The lowest BCUT2D eigenvalue weighted by atomic mass is 9.86. The van der Waals surface area contributed by atoms with E-state index in [0.717, 1.165) is 23.3 Å². The third-order valence-electron chi connectivity index (χ3n) is 4.86. The number of nitrogens with one attached hydrogen (secondary N) is 1. The van der Waals surface area contributed by atoms with Gasteiger partial charge in [0.1, 0.15) is 17.2 Å². The molecule has 0 radical (unpaired) electrons. The highest BCUT2D eigenvalue weighted by Crippen LogP contribution is 2.41. The van der Waals surface area contributed by atoms with Gasteiger partial charge in [0.25, 0.3) is 5.56 Å². The number of aromatic nitrogens is 2. The molecular weight excluding hydrogens is 382 g/mol. The second-order valence-electron chi connectivity index (χ2n) is 6.71. The van der Waals surface area contributed by atoms with Crippen LogP contribution in [-0.2, 0) is 32.0 Å². The Morgan fingerprint density at radius 3 is 2.89 bits per heavy atom. The molecule has 1 amide bonds. The minimum absolute atomic E-state index is 0.119. The first kappa shape index (κ1) is 20.5. The summed E-state index contributed by atoms with van der Waals surface area (Å²) in [5.74, 6) is -0.550. The Morgan fingerprint density at radius 2 is 2.18 bits per heavy atom. The van der Waals surface area contributed by atoms with Gasteiger partial charge in [-0.25, -0.2) is 4.98 Å². The molecule has 2 heterocycles. The third-order valence-corrected chi connectivity index (χ3v) is 6.02. The largest absolute Gasteiger partial charge is 0.466 e. The van der Waals surface area contributed by atoms with E-state index >= 15 is 0 Å². The molecule has 1 atom stereocenters. The van der Waals surface area contributed by atoms with Crippen molar-refractivity contribution in [3.63, 3.8) is 0 Å². The van der Waals surface area contributed by atoms with E-state index in [0.29, 0.717) is 42.2 Å². The molecule has 1 unspecified atom stereocenters. The lowest BCUT2D eigenvalue weighted by Crippen LogP contribution is -2.35. The van der Waals surface area contributed by atoms with Crippen molar-refractivity contribution in [1.29, 1.82) is 0 Å². The highest BCUT2D eigenvalue weighted by molar-refractivity contribution is 7.18. The number of nitrogens with zero attached hydrogens (tertiary/aromatic N) is 2. The standard InChI is InChI=1S/C19H25N3O5S/c1-4-27-19(25)12-6-5-7-13-15(12)16-17(28-13)21-11(2)22(18(16)24)10-14(23)20-8-9-26-3/h12H,4-10H2,1-3H3,(H,20,23). The number of amides is 1. The van der Waals surface area contributed by atoms with Gasteiger partial charge in [-0.05, 0) is 38.7 Å². The third kappa shape index (κ3) is 3.95. The van der Waals surface area contributed by atoms with E-state index < -0.39 is 5.92 Å². The Balaban J connectivity index is 2.02. The van der Waals surface area contributed by atoms with Crippen LogP contribution in [0.15, 0.2) is 4.79 Å². The normalized spacial score (nSPS) is 16.0. The minimum atomic E-state index is -0.446. The van der Waals surface area contributed by atoms with Gasteiger partial charge in [-0.2, -0.15) is 0 Å². The zero-order chi connectivity index (χ0) is 20.3. The first-order valence-electron chi connectivity index (χ1n) is 9.42. The van der Waals surface area contributed by atoms with Crippen molar-refractivity contribution in [3.05, 3.63) is 26.6 Å². The first-order valence-corrected chi connectivity index (χ1v) is 10.2. The molecule has 0 spiro atoms. The summed E-state index contributed by atoms with van der Waals surface area (Å²) in [6.45, 7) is 4.44. The molecule has 8 nitrogen and oxygen atoms in total. The van der Waals surface area contributed by atoms with Crippen molar-refractivity contribution in [2.45, 2.75) is 45.6 Å². The van der Waals surface area contributed by atoms with Gasteiger partial charge < -0.3 is 14.8 Å². The summed E-state index contributed by atoms with van der Waals surface area (Å²) in [6.07, 6.45) is 2.35. The summed E-state index contributed by atoms with van der Waals surface area (Å²) in [7, 11) is 1.55. The van der Waals surface area contributed by atoms with Crippen molar-refractivity contribution in [1.82, 2.24) is 14.9 Å². The Labute approximate surface area is 166 Å². The van der Waals surface area contributed by atoms with Crippen LogP contribution in [0.25, 0.3) is 10.2 Å². The zero-order valence-electron chi connectivity index (χ0n) is 16.4. The van der Waals surface area contributed by atoms with Gasteiger partial charge in [0.15, 0.2) is 0 Å². The average molecular weight is 407 g/mol. The van der Waals surface area contributed by atoms with E-state index in [1.54, 1.807) is 21.0 Å². The summed E-state index contributed by atoms with van der Waals surface area (Å²) >= 11 is 1.46. The molecule has 0 saturated heterocycles. The summed E-state index contributed by atoms with van der Waals surface area (Å²) in [6, 6.07) is 0. The van der Waals surface area contributed by atoms with Crippen LogP contribution in [0.5, 0.6) is 0 Å². The molecule has 1 aliphatic carbocycles. The fraction of sp³-hybridized carbons (Fsp3) is 0.579. The fourth-order valence-corrected chi connectivity index (χ4v) is 4.89. The molecule has 0 fully saturated rings. The van der Waals surface area contributed by atoms with E-state index in [1.165, 1.54) is 15.9 Å². The van der Waals surface area contributed by atoms with Gasteiger partial charge in [0, 0.05) is 18.5 Å². The quantitative estimate of drug-likeness (QED) is 0.552. The fourth-order valence-electron chi connectivity index (χ4n) is 3.57. The van der Waals surface area contributed by atoms with Crippen molar-refractivity contribution in [2.24, 2.45) is 0 Å². The van der Waals surface area contributed by atoms with Crippen LogP contribution < -0.4 is 10.9 Å². The van der Waals surface area contributed by atoms with E-state index in [1.807, 2.05) is 0 Å². The van der Waals surface area contributed by atoms with Crippen LogP contribution >= 0.6 is 11.3 Å². The lowest BCUT2D eigenvalue weighted by molar-refractivity contribution is -0.145. The van der Waals surface area contributed by atoms with Crippen molar-refractivity contribution in [2.75, 3.05) is 26.9 Å². The second kappa shape index (κ2) is 8.83. The van der Waals surface area contributed by atoms with E-state index in [2.05, 4.69) is 10.3 Å². The van der Waals surface area contributed by atoms with Crippen molar-refractivity contribution >= 4 is 33.4 Å². The molecule has 0 aromatic carbocycles. The number of carbonyl (C=O) groups excluding carboxylic acids is 2. The highest BCUT2D eigenvalue weighted by atomic mass is 32.1. The molecular formula is C19H25N3O5S. The molecule has 0 bridgehead atoms. The monoisotopic (exact) mass is 407 g/mol. The van der Waals surface area contributed by atoms with Crippen LogP contribution in [-0.4, -0.2) is 48.3 Å². The predicted molar refractivity (Wildman–Crippen MR) is 106 cm³/mol. The maximum absolute atomic E-state index is 13.2. The molecule has 9 heteroatoms. The van der Waals surface area contributed by atoms with E-state index in [9.17, 15) is 14.4 Å². The molecule has 2 aromatic heterocycles. The Bertz CT molecular complexity index is 949. The molecule has 152 valence electrons. The van der Waals surface area contributed by atoms with Crippen LogP contribution in [0, 0.1) is 6.92 Å². The highest BCUT2D eigenvalue weighted by Gasteiger charge is 2.33. The van der Waals surface area contributed by atoms with Gasteiger partial charge >= 0.3 is 5.97 Å². The zero-order valence-corrected chi connectivity index (χ0v) is 17.2. The van der Waals surface area contributed by atoms with E-state index in [-0.39, 0.29) is 24.0 Å². The van der Waals surface area contributed by atoms with Crippen LogP contribution in [0.3, 0.4) is 0 Å². The van der Waals surface area contributed by atoms with Gasteiger partial charge in [0.2, 0.25) is 5.91 Å². The number of rotatable bonds is 7. The number of hydrogen-bond donors (Lipinski definition) is 1. The first-order chi connectivity index (χ1) is 13.5. The van der Waals surface area contributed by atoms with Crippen LogP contribution in [0.2, 0.25) is 0 Å². The van der Waals surface area contributed by atoms with Gasteiger partial charge in [-0.3, -0.25) is 19.0 Å². The molecule has 1 N–H and O–H groups in total. The molecule has 3 rings (SSSR count). The summed E-state index contributed by atoms with van der Waals surface area (Å²) < 4.78 is 11.5. The number of aryl methyl sites for hydroxylation is 2. The minimum Gasteiger partial charge on any atom is -0.466 e. The number of carbonyl (C=O) groups is 2. The van der Waals surface area contributed by atoms with E-state index in [4.69, 9.17) is 9.47 Å². The molecule has 0 saturated carbocycles. The Morgan fingerprint density at radius 1 is 1.39 bits per heavy atom. The Hall–Kier alpha value is -2.26. The topological polar surface area (TPSA) is 99.5 Å². The van der Waals surface area contributed by atoms with Crippen molar-refractivity contribution in [3.8, 4) is 0 Å². The van der Waals surface area contributed by atoms with Crippen LogP contribution in [0.1, 0.15) is 41.9 Å². The van der Waals surface area contributed by atoms with Gasteiger partial charge in [-0.15, -0.1) is 11.3 Å². The summed E-state index contributed by atoms with van der Waals surface area (Å²) in [5.41, 5.74) is 0.467. The molecule has 1 aliphatic rings. The Kier molecular flexibility index (Phi) is 6.46. The molecule has 2 aromatic rings. The number of esters is 1. The SMILES string of the molecule is CCOC(=O)C1CCCc2sc3nc(C)n(CC(=O)NCCOC)c(=O)c3c21. The lowest BCUT2D eigenvalue weighted by Gasteiger charge is -2.21. The maximum atomic E-state index is 13.2. The second-order valence-corrected chi connectivity index (χ2v) is 7.79. The average Bonchev–Trinajstić information content (AvgIpc) is 3.03. The van der Waals surface area contributed by atoms with Crippen LogP contribution in [0.4, 0.5) is 0 Å². The number of hydrogen-bond acceptors (Lipinski definition) is 7. The molecule has 28 heavy (non-hydrogen) atoms.